The molecule has 3 rings (SSSR count). The molecule has 1 fully saturated rings. The molecule has 1 aliphatic rings. The summed E-state index contributed by atoms with van der Waals surface area (Å²) in [5, 5.41) is 0.792. The van der Waals surface area contributed by atoms with Gasteiger partial charge in [-0.2, -0.15) is 0 Å². The Bertz CT molecular complexity index is 1080. The second-order valence-corrected chi connectivity index (χ2v) is 8.35. The molecule has 2 heterocycles. The number of rotatable bonds is 6. The van der Waals surface area contributed by atoms with Gasteiger partial charge in [-0.25, -0.2) is 4.79 Å². The third-order valence-electron chi connectivity index (χ3n) is 4.74. The molecule has 0 radical (unpaired) electrons. The third kappa shape index (κ3) is 5.61. The summed E-state index contributed by atoms with van der Waals surface area (Å²) < 4.78 is 27.4. The largest absolute Gasteiger partial charge is 0.476 e. The third-order valence-corrected chi connectivity index (χ3v) is 5.95. The molecule has 0 N–H and O–H groups in total. The van der Waals surface area contributed by atoms with E-state index in [2.05, 4.69) is 0 Å². The number of hydrogen-bond acceptors (Lipinski definition) is 10. The van der Waals surface area contributed by atoms with E-state index in [4.69, 9.17) is 23.4 Å². The van der Waals surface area contributed by atoms with Crippen LogP contribution in [0.2, 0.25) is 0 Å². The van der Waals surface area contributed by atoms with Crippen LogP contribution in [0.25, 0.3) is 11.0 Å². The number of carbonyl (C=O) groups excluding carboxylic acids is 3. The number of carbonyl (C=O) groups is 3. The van der Waals surface area contributed by atoms with Crippen LogP contribution in [0.1, 0.15) is 33.3 Å². The van der Waals surface area contributed by atoms with Crippen LogP contribution in [0, 0.1) is 0 Å². The van der Waals surface area contributed by atoms with Gasteiger partial charge in [-0.1, -0.05) is 6.92 Å². The number of hydrogen-bond donors (Lipinski definition) is 0. The van der Waals surface area contributed by atoms with Crippen molar-refractivity contribution in [3.05, 3.63) is 40.2 Å². The fourth-order valence-corrected chi connectivity index (χ4v) is 4.74. The van der Waals surface area contributed by atoms with Gasteiger partial charge in [0.1, 0.15) is 11.3 Å². The molecule has 32 heavy (non-hydrogen) atoms. The van der Waals surface area contributed by atoms with E-state index in [-0.39, 0.29) is 5.75 Å². The Balaban J connectivity index is 1.92. The Morgan fingerprint density at radius 2 is 1.66 bits per heavy atom. The Hall–Kier alpha value is -3.01. The predicted octanol–water partition coefficient (Wildman–Crippen LogP) is 2.60. The van der Waals surface area contributed by atoms with Crippen molar-refractivity contribution in [2.24, 2.45) is 0 Å². The zero-order chi connectivity index (χ0) is 23.4. The zero-order valence-electron chi connectivity index (χ0n) is 18.1. The number of aryl methyl sites for hydroxylation is 1. The molecule has 172 valence electrons. The lowest BCUT2D eigenvalue weighted by atomic mass is 10.1. The standard InChI is InChI=1S/C22H24O9S/c1-5-14-8-19(26)31-17-9-15(6-7-16(14)17)30-22-21(29-13(4)25)20(28-12(3)24)18(10-32-22)27-11(2)23/h6-9,18,20-22H,5,10H2,1-4H3/t18-,20+,21-,22-/m1/s1. The van der Waals surface area contributed by atoms with Gasteiger partial charge in [-0.3, -0.25) is 14.4 Å². The van der Waals surface area contributed by atoms with Crippen LogP contribution in [0.5, 0.6) is 5.75 Å². The molecular weight excluding hydrogens is 440 g/mol. The molecular formula is C22H24O9S. The first-order valence-electron chi connectivity index (χ1n) is 10.0. The van der Waals surface area contributed by atoms with E-state index in [1.54, 1.807) is 18.2 Å². The first-order valence-corrected chi connectivity index (χ1v) is 11.1. The van der Waals surface area contributed by atoms with Crippen LogP contribution in [-0.4, -0.2) is 47.4 Å². The Labute approximate surface area is 188 Å². The van der Waals surface area contributed by atoms with Gasteiger partial charge in [0.2, 0.25) is 0 Å². The van der Waals surface area contributed by atoms with Gasteiger partial charge in [0.25, 0.3) is 0 Å². The predicted molar refractivity (Wildman–Crippen MR) is 115 cm³/mol. The van der Waals surface area contributed by atoms with Crippen LogP contribution >= 0.6 is 11.8 Å². The molecule has 0 aliphatic carbocycles. The van der Waals surface area contributed by atoms with Crippen LogP contribution in [0.4, 0.5) is 0 Å². The lowest BCUT2D eigenvalue weighted by molar-refractivity contribution is -0.186. The van der Waals surface area contributed by atoms with Crippen LogP contribution in [0.15, 0.2) is 33.5 Å². The second kappa shape index (κ2) is 10.1. The van der Waals surface area contributed by atoms with E-state index in [1.165, 1.54) is 38.6 Å². The Kier molecular flexibility index (Phi) is 7.44. The first-order chi connectivity index (χ1) is 15.2. The smallest absolute Gasteiger partial charge is 0.336 e. The van der Waals surface area contributed by atoms with Gasteiger partial charge in [-0.05, 0) is 24.1 Å². The summed E-state index contributed by atoms with van der Waals surface area (Å²) in [4.78, 5) is 46.8. The molecule has 0 amide bonds. The molecule has 0 unspecified atom stereocenters. The van der Waals surface area contributed by atoms with E-state index in [0.717, 1.165) is 10.9 Å². The molecule has 1 aliphatic heterocycles. The molecule has 1 saturated heterocycles. The van der Waals surface area contributed by atoms with E-state index < -0.39 is 47.3 Å². The topological polar surface area (TPSA) is 118 Å². The van der Waals surface area contributed by atoms with Gasteiger partial charge in [0.05, 0.1) is 0 Å². The fourth-order valence-electron chi connectivity index (χ4n) is 3.52. The number of ether oxygens (including phenoxy) is 4. The summed E-state index contributed by atoms with van der Waals surface area (Å²) in [5.41, 5.74) is -0.0122. The lowest BCUT2D eigenvalue weighted by Gasteiger charge is -2.39. The number of benzene rings is 1. The average Bonchev–Trinajstić information content (AvgIpc) is 2.70. The van der Waals surface area contributed by atoms with Gasteiger partial charge in [0, 0.05) is 44.0 Å². The Morgan fingerprint density at radius 1 is 1.00 bits per heavy atom. The summed E-state index contributed by atoms with van der Waals surface area (Å²) >= 11 is 1.24. The molecule has 0 saturated carbocycles. The van der Waals surface area contributed by atoms with Crippen LogP contribution < -0.4 is 10.4 Å². The summed E-state index contributed by atoms with van der Waals surface area (Å²) in [6.45, 7) is 5.62. The van der Waals surface area contributed by atoms with Crippen LogP contribution in [-0.2, 0) is 35.0 Å². The maximum absolute atomic E-state index is 11.8. The van der Waals surface area contributed by atoms with E-state index in [0.29, 0.717) is 17.8 Å². The van der Waals surface area contributed by atoms with Crippen molar-refractivity contribution in [2.45, 2.75) is 57.9 Å². The molecule has 4 atom stereocenters. The van der Waals surface area contributed by atoms with Crippen molar-refractivity contribution in [1.29, 1.82) is 0 Å². The highest BCUT2D eigenvalue weighted by atomic mass is 32.2. The monoisotopic (exact) mass is 464 g/mol. The van der Waals surface area contributed by atoms with Crippen molar-refractivity contribution in [1.82, 2.24) is 0 Å². The average molecular weight is 464 g/mol. The minimum atomic E-state index is -1.04. The molecule has 10 heteroatoms. The summed E-state index contributed by atoms with van der Waals surface area (Å²) in [7, 11) is 0. The quantitative estimate of drug-likeness (QED) is 0.358. The van der Waals surface area contributed by atoms with E-state index in [9.17, 15) is 19.2 Å². The maximum Gasteiger partial charge on any atom is 0.336 e. The van der Waals surface area contributed by atoms with Gasteiger partial charge < -0.3 is 23.4 Å². The second-order valence-electron chi connectivity index (χ2n) is 7.22. The molecule has 1 aromatic heterocycles. The van der Waals surface area contributed by atoms with E-state index in [1.807, 2.05) is 6.92 Å². The molecule has 9 nitrogen and oxygen atoms in total. The molecule has 2 aromatic rings. The normalized spacial score (nSPS) is 22.8. The fraction of sp³-hybridized carbons (Fsp3) is 0.455. The van der Waals surface area contributed by atoms with Crippen molar-refractivity contribution in [3.8, 4) is 5.75 Å². The lowest BCUT2D eigenvalue weighted by Crippen LogP contribution is -2.55. The number of esters is 3. The van der Waals surface area contributed by atoms with Gasteiger partial charge >= 0.3 is 23.5 Å². The van der Waals surface area contributed by atoms with Crippen molar-refractivity contribution in [3.63, 3.8) is 0 Å². The first kappa shape index (κ1) is 23.6. The highest BCUT2D eigenvalue weighted by Gasteiger charge is 2.47. The zero-order valence-corrected chi connectivity index (χ0v) is 18.9. The summed E-state index contributed by atoms with van der Waals surface area (Å²) in [6.07, 6.45) is -2.23. The minimum absolute atomic E-state index is 0.253. The van der Waals surface area contributed by atoms with Crippen molar-refractivity contribution in [2.75, 3.05) is 5.75 Å². The minimum Gasteiger partial charge on any atom is -0.476 e. The Morgan fingerprint density at radius 3 is 2.28 bits per heavy atom. The molecule has 0 spiro atoms. The number of fused-ring (bicyclic) bond motifs is 1. The highest BCUT2D eigenvalue weighted by molar-refractivity contribution is 7.99. The summed E-state index contributed by atoms with van der Waals surface area (Å²) in [6, 6.07) is 6.54. The number of thioether (sulfide) groups is 1. The van der Waals surface area contributed by atoms with E-state index >= 15 is 0 Å². The molecule has 0 bridgehead atoms. The SMILES string of the molecule is CCc1cc(=O)oc2cc(O[C@@H]3SC[C@@H](OC(C)=O)[C@H](OC(C)=O)[C@H]3OC(C)=O)ccc12. The summed E-state index contributed by atoms with van der Waals surface area (Å²) in [5.74, 6) is -1.15. The maximum atomic E-state index is 11.8. The van der Waals surface area contributed by atoms with Gasteiger partial charge in [0.15, 0.2) is 23.7 Å². The highest BCUT2D eigenvalue weighted by Crippen LogP contribution is 2.35. The van der Waals surface area contributed by atoms with Crippen molar-refractivity contribution < 1.29 is 37.7 Å². The van der Waals surface area contributed by atoms with Crippen LogP contribution in [0.3, 0.4) is 0 Å². The molecule has 1 aromatic carbocycles. The van der Waals surface area contributed by atoms with Gasteiger partial charge in [-0.15, -0.1) is 11.8 Å². The van der Waals surface area contributed by atoms with Crippen molar-refractivity contribution >= 4 is 40.6 Å².